The maximum absolute atomic E-state index is 5.56. The highest BCUT2D eigenvalue weighted by molar-refractivity contribution is 9.11. The van der Waals surface area contributed by atoms with Crippen LogP contribution in [0.4, 0.5) is 0 Å². The van der Waals surface area contributed by atoms with Gasteiger partial charge in [0.1, 0.15) is 5.75 Å². The molecule has 20 heavy (non-hydrogen) atoms. The van der Waals surface area contributed by atoms with Crippen molar-refractivity contribution >= 4 is 31.9 Å². The van der Waals surface area contributed by atoms with E-state index in [1.54, 1.807) is 0 Å². The van der Waals surface area contributed by atoms with Crippen molar-refractivity contribution in [2.75, 3.05) is 26.4 Å². The number of rotatable bonds is 10. The molecule has 0 saturated heterocycles. The molecule has 0 aromatic heterocycles. The van der Waals surface area contributed by atoms with Crippen molar-refractivity contribution in [2.45, 2.75) is 19.9 Å². The van der Waals surface area contributed by atoms with Gasteiger partial charge in [-0.25, -0.2) is 0 Å². The fourth-order valence-corrected chi connectivity index (χ4v) is 3.15. The molecule has 0 atom stereocenters. The smallest absolute Gasteiger partial charge is 0.147 e. The molecule has 0 amide bonds. The van der Waals surface area contributed by atoms with E-state index >= 15 is 0 Å². The van der Waals surface area contributed by atoms with Crippen molar-refractivity contribution in [2.24, 2.45) is 0 Å². The van der Waals surface area contributed by atoms with E-state index in [9.17, 15) is 0 Å². The molecule has 0 unspecified atom stereocenters. The number of halogens is 2. The molecule has 0 bridgehead atoms. The Bertz CT molecular complexity index is 401. The molecule has 3 nitrogen and oxygen atoms in total. The minimum Gasteiger partial charge on any atom is -0.492 e. The number of ether oxygens (including phenoxy) is 2. The molecule has 1 aromatic carbocycles. The molecule has 1 N–H and O–H groups in total. The largest absolute Gasteiger partial charge is 0.492 e. The Balaban J connectivity index is 2.35. The van der Waals surface area contributed by atoms with Gasteiger partial charge in [0.05, 0.1) is 28.8 Å². The fraction of sp³-hybridized carbons (Fsp3) is 0.467. The highest BCUT2D eigenvalue weighted by Crippen LogP contribution is 2.34. The second-order valence-corrected chi connectivity index (χ2v) is 5.90. The standard InChI is InChI=1S/C15H21Br2NO2/c1-3-5-7-19-8-6-18-11-12-9-13(16)15(20-4-2)14(17)10-12/h3,9-10,18H,1,4-8,11H2,2H3. The zero-order valence-corrected chi connectivity index (χ0v) is 14.9. The van der Waals surface area contributed by atoms with Gasteiger partial charge in [0, 0.05) is 13.1 Å². The van der Waals surface area contributed by atoms with Gasteiger partial charge in [-0.05, 0) is 62.9 Å². The minimum atomic E-state index is 0.650. The van der Waals surface area contributed by atoms with Crippen LogP contribution in [0.25, 0.3) is 0 Å². The fourth-order valence-electron chi connectivity index (χ4n) is 1.64. The lowest BCUT2D eigenvalue weighted by atomic mass is 10.2. The Hall–Kier alpha value is -0.360. The van der Waals surface area contributed by atoms with E-state index in [4.69, 9.17) is 9.47 Å². The first-order chi connectivity index (χ1) is 9.69. The molecule has 1 rings (SSSR count). The number of nitrogens with one attached hydrogen (secondary N) is 1. The van der Waals surface area contributed by atoms with Crippen molar-refractivity contribution < 1.29 is 9.47 Å². The molecule has 0 spiro atoms. The Kier molecular flexibility index (Phi) is 9.18. The normalized spacial score (nSPS) is 10.6. The van der Waals surface area contributed by atoms with Crippen LogP contribution in [0.5, 0.6) is 5.75 Å². The van der Waals surface area contributed by atoms with Crippen LogP contribution in [0.15, 0.2) is 33.7 Å². The summed E-state index contributed by atoms with van der Waals surface area (Å²) in [6.45, 7) is 9.37. The SMILES string of the molecule is C=CCCOCCNCc1cc(Br)c(OCC)c(Br)c1. The Morgan fingerprint density at radius 3 is 2.55 bits per heavy atom. The molecule has 0 aliphatic carbocycles. The van der Waals surface area contributed by atoms with Gasteiger partial charge in [0.15, 0.2) is 0 Å². The molecule has 0 heterocycles. The molecule has 112 valence electrons. The van der Waals surface area contributed by atoms with Crippen molar-refractivity contribution in [3.8, 4) is 5.75 Å². The second kappa shape index (κ2) is 10.4. The van der Waals surface area contributed by atoms with Crippen molar-refractivity contribution in [3.05, 3.63) is 39.3 Å². The maximum atomic E-state index is 5.56. The first kappa shape index (κ1) is 17.7. The van der Waals surface area contributed by atoms with Crippen LogP contribution in [-0.2, 0) is 11.3 Å². The van der Waals surface area contributed by atoms with E-state index in [0.717, 1.165) is 40.8 Å². The van der Waals surface area contributed by atoms with Crippen LogP contribution in [-0.4, -0.2) is 26.4 Å². The third-order valence-electron chi connectivity index (χ3n) is 2.57. The first-order valence-electron chi connectivity index (χ1n) is 6.69. The van der Waals surface area contributed by atoms with Crippen molar-refractivity contribution in [3.63, 3.8) is 0 Å². The molecular weight excluding hydrogens is 386 g/mol. The van der Waals surface area contributed by atoms with E-state index in [-0.39, 0.29) is 0 Å². The molecule has 0 radical (unpaired) electrons. The summed E-state index contributed by atoms with van der Waals surface area (Å²) in [4.78, 5) is 0. The van der Waals surface area contributed by atoms with Crippen LogP contribution >= 0.6 is 31.9 Å². The van der Waals surface area contributed by atoms with Gasteiger partial charge in [0.2, 0.25) is 0 Å². The van der Waals surface area contributed by atoms with Crippen molar-refractivity contribution in [1.82, 2.24) is 5.32 Å². The van der Waals surface area contributed by atoms with Crippen LogP contribution < -0.4 is 10.1 Å². The quantitative estimate of drug-likeness (QED) is 0.464. The van der Waals surface area contributed by atoms with Gasteiger partial charge in [0.25, 0.3) is 0 Å². The number of hydrogen-bond donors (Lipinski definition) is 1. The Labute approximate surface area is 138 Å². The summed E-state index contributed by atoms with van der Waals surface area (Å²) in [6, 6.07) is 4.14. The zero-order chi connectivity index (χ0) is 14.8. The topological polar surface area (TPSA) is 30.5 Å². The summed E-state index contributed by atoms with van der Waals surface area (Å²) >= 11 is 7.07. The molecule has 0 saturated carbocycles. The lowest BCUT2D eigenvalue weighted by Crippen LogP contribution is -2.19. The Morgan fingerprint density at radius 2 is 1.95 bits per heavy atom. The predicted octanol–water partition coefficient (Wildman–Crippen LogP) is 4.29. The monoisotopic (exact) mass is 405 g/mol. The predicted molar refractivity (Wildman–Crippen MR) is 90.4 cm³/mol. The van der Waals surface area contributed by atoms with Gasteiger partial charge in [-0.2, -0.15) is 0 Å². The third kappa shape index (κ3) is 6.39. The van der Waals surface area contributed by atoms with Crippen molar-refractivity contribution in [1.29, 1.82) is 0 Å². The molecule has 5 heteroatoms. The lowest BCUT2D eigenvalue weighted by molar-refractivity contribution is 0.140. The zero-order valence-electron chi connectivity index (χ0n) is 11.8. The van der Waals surface area contributed by atoms with E-state index in [1.807, 2.05) is 13.0 Å². The second-order valence-electron chi connectivity index (χ2n) is 4.19. The van der Waals surface area contributed by atoms with Crippen LogP contribution in [0.3, 0.4) is 0 Å². The summed E-state index contributed by atoms with van der Waals surface area (Å²) in [7, 11) is 0. The molecule has 0 aliphatic rings. The molecule has 0 fully saturated rings. The minimum absolute atomic E-state index is 0.650. The summed E-state index contributed by atoms with van der Waals surface area (Å²) in [5.41, 5.74) is 1.19. The first-order valence-corrected chi connectivity index (χ1v) is 8.27. The van der Waals surface area contributed by atoms with Gasteiger partial charge < -0.3 is 14.8 Å². The van der Waals surface area contributed by atoms with E-state index in [2.05, 4.69) is 55.9 Å². The summed E-state index contributed by atoms with van der Waals surface area (Å²) in [6.07, 6.45) is 2.77. The number of benzene rings is 1. The van der Waals surface area contributed by atoms with E-state index in [0.29, 0.717) is 13.2 Å². The van der Waals surface area contributed by atoms with E-state index < -0.39 is 0 Å². The highest BCUT2D eigenvalue weighted by Gasteiger charge is 2.08. The number of hydrogen-bond acceptors (Lipinski definition) is 3. The summed E-state index contributed by atoms with van der Waals surface area (Å²) in [5.74, 6) is 0.851. The lowest BCUT2D eigenvalue weighted by Gasteiger charge is -2.11. The molecule has 0 aliphatic heterocycles. The summed E-state index contributed by atoms with van der Waals surface area (Å²) in [5, 5.41) is 3.35. The average Bonchev–Trinajstić information content (AvgIpc) is 2.42. The molecule has 1 aromatic rings. The van der Waals surface area contributed by atoms with Gasteiger partial charge in [-0.15, -0.1) is 6.58 Å². The van der Waals surface area contributed by atoms with Crippen LogP contribution in [0.1, 0.15) is 18.9 Å². The van der Waals surface area contributed by atoms with Gasteiger partial charge >= 0.3 is 0 Å². The summed E-state index contributed by atoms with van der Waals surface area (Å²) < 4.78 is 12.9. The van der Waals surface area contributed by atoms with Gasteiger partial charge in [-0.3, -0.25) is 0 Å². The van der Waals surface area contributed by atoms with Crippen LogP contribution in [0, 0.1) is 0 Å². The van der Waals surface area contributed by atoms with E-state index in [1.165, 1.54) is 5.56 Å². The highest BCUT2D eigenvalue weighted by atomic mass is 79.9. The maximum Gasteiger partial charge on any atom is 0.147 e. The van der Waals surface area contributed by atoms with Crippen LogP contribution in [0.2, 0.25) is 0 Å². The Morgan fingerprint density at radius 1 is 1.25 bits per heavy atom. The average molecular weight is 407 g/mol. The molecular formula is C15H21Br2NO2. The third-order valence-corrected chi connectivity index (χ3v) is 3.74. The van der Waals surface area contributed by atoms with Gasteiger partial charge in [-0.1, -0.05) is 6.08 Å².